The predicted octanol–water partition coefficient (Wildman–Crippen LogP) is 0.798. The fourth-order valence-corrected chi connectivity index (χ4v) is 3.21. The van der Waals surface area contributed by atoms with E-state index in [0.29, 0.717) is 15.9 Å². The largest absolute Gasteiger partial charge is 0.478 e. The molecule has 0 aromatic carbocycles. The lowest BCUT2D eigenvalue weighted by Crippen LogP contribution is -2.16. The third-order valence-corrected chi connectivity index (χ3v) is 4.29. The summed E-state index contributed by atoms with van der Waals surface area (Å²) < 4.78 is 3.08. The highest BCUT2D eigenvalue weighted by Crippen LogP contribution is 2.38. The van der Waals surface area contributed by atoms with Gasteiger partial charge in [0.2, 0.25) is 0 Å². The number of aromatic carboxylic acids is 1. The Hall–Kier alpha value is -2.03. The highest BCUT2D eigenvalue weighted by molar-refractivity contribution is 7.99. The summed E-state index contributed by atoms with van der Waals surface area (Å²) >= 11 is 1.15. The third-order valence-electron chi connectivity index (χ3n) is 3.16. The van der Waals surface area contributed by atoms with Gasteiger partial charge in [-0.3, -0.25) is 9.25 Å². The van der Waals surface area contributed by atoms with Crippen molar-refractivity contribution in [1.29, 1.82) is 0 Å². The second kappa shape index (κ2) is 4.51. The van der Waals surface area contributed by atoms with Crippen molar-refractivity contribution in [2.24, 2.45) is 7.05 Å². The average molecular weight is 295 g/mol. The number of H-pyrrole nitrogens is 1. The molecule has 1 saturated carbocycles. The Morgan fingerprint density at radius 2 is 2.20 bits per heavy atom. The van der Waals surface area contributed by atoms with Gasteiger partial charge in [-0.2, -0.15) is 5.10 Å². The molecule has 1 fully saturated rings. The van der Waals surface area contributed by atoms with Crippen LogP contribution in [0, 0.1) is 6.92 Å². The molecule has 3 rings (SSSR count). The van der Waals surface area contributed by atoms with Crippen LogP contribution in [0.2, 0.25) is 0 Å². The summed E-state index contributed by atoms with van der Waals surface area (Å²) in [7, 11) is 1.67. The Bertz CT molecular complexity index is 740. The van der Waals surface area contributed by atoms with Gasteiger partial charge >= 0.3 is 11.7 Å². The maximum absolute atomic E-state index is 11.7. The summed E-state index contributed by atoms with van der Waals surface area (Å²) in [4.78, 5) is 23.0. The number of nitrogens with one attached hydrogen (secondary N) is 1. The van der Waals surface area contributed by atoms with Crippen LogP contribution >= 0.6 is 11.8 Å². The molecule has 9 heteroatoms. The molecule has 0 amide bonds. The van der Waals surface area contributed by atoms with E-state index in [0.717, 1.165) is 24.6 Å². The summed E-state index contributed by atoms with van der Waals surface area (Å²) in [6, 6.07) is 0.173. The van der Waals surface area contributed by atoms with Crippen LogP contribution in [0.4, 0.5) is 0 Å². The zero-order chi connectivity index (χ0) is 14.4. The lowest BCUT2D eigenvalue weighted by Gasteiger charge is -2.04. The molecule has 2 N–H and O–H groups in total. The molecular weight excluding hydrogens is 282 g/mol. The van der Waals surface area contributed by atoms with Gasteiger partial charge in [-0.25, -0.2) is 14.7 Å². The van der Waals surface area contributed by atoms with Gasteiger partial charge in [-0.15, -0.1) is 5.10 Å². The van der Waals surface area contributed by atoms with E-state index in [1.165, 1.54) is 4.68 Å². The number of aryl methyl sites for hydroxylation is 2. The van der Waals surface area contributed by atoms with Crippen LogP contribution in [0.1, 0.15) is 34.9 Å². The fourth-order valence-electron chi connectivity index (χ4n) is 2.10. The molecule has 2 aromatic rings. The van der Waals surface area contributed by atoms with Gasteiger partial charge in [0.25, 0.3) is 0 Å². The molecule has 0 aliphatic heterocycles. The van der Waals surface area contributed by atoms with Crippen LogP contribution in [0.3, 0.4) is 0 Å². The molecule has 0 bridgehead atoms. The van der Waals surface area contributed by atoms with Crippen molar-refractivity contribution in [3.8, 4) is 0 Å². The van der Waals surface area contributed by atoms with Crippen LogP contribution in [-0.2, 0) is 7.05 Å². The maximum Gasteiger partial charge on any atom is 0.344 e. The van der Waals surface area contributed by atoms with Gasteiger partial charge < -0.3 is 5.11 Å². The molecular formula is C11H13N5O3S. The SMILES string of the molecule is Cc1nn(C)c(Sc2n[nH]c(=O)n2C2CC2)c1C(=O)O. The molecule has 20 heavy (non-hydrogen) atoms. The standard InChI is InChI=1S/C11H13N5O3S/c1-5-7(9(17)18)8(15(2)14-5)20-11-13-12-10(19)16(11)6-3-4-6/h6H,3-4H2,1-2H3,(H,12,19)(H,17,18). The van der Waals surface area contributed by atoms with Gasteiger partial charge in [0, 0.05) is 13.1 Å². The minimum Gasteiger partial charge on any atom is -0.478 e. The van der Waals surface area contributed by atoms with Crippen molar-refractivity contribution >= 4 is 17.7 Å². The van der Waals surface area contributed by atoms with Gasteiger partial charge in [0.15, 0.2) is 5.16 Å². The van der Waals surface area contributed by atoms with Gasteiger partial charge in [-0.1, -0.05) is 0 Å². The van der Waals surface area contributed by atoms with E-state index in [4.69, 9.17) is 0 Å². The number of carboxylic acid groups (broad SMARTS) is 1. The van der Waals surface area contributed by atoms with E-state index in [2.05, 4.69) is 15.3 Å². The number of carboxylic acids is 1. The first-order chi connectivity index (χ1) is 9.49. The van der Waals surface area contributed by atoms with E-state index >= 15 is 0 Å². The number of aromatic nitrogens is 5. The van der Waals surface area contributed by atoms with Crippen LogP contribution < -0.4 is 5.69 Å². The molecule has 0 atom stereocenters. The number of aromatic amines is 1. The zero-order valence-electron chi connectivity index (χ0n) is 11.0. The lowest BCUT2D eigenvalue weighted by molar-refractivity contribution is 0.0692. The quantitative estimate of drug-likeness (QED) is 0.864. The topological polar surface area (TPSA) is 106 Å². The predicted molar refractivity (Wildman–Crippen MR) is 70.1 cm³/mol. The summed E-state index contributed by atoms with van der Waals surface area (Å²) in [5, 5.41) is 20.7. The molecule has 106 valence electrons. The molecule has 1 aliphatic rings. The highest BCUT2D eigenvalue weighted by atomic mass is 32.2. The normalized spacial score (nSPS) is 14.7. The number of hydrogen-bond acceptors (Lipinski definition) is 5. The molecule has 1 aliphatic carbocycles. The molecule has 2 aromatic heterocycles. The second-order valence-corrected chi connectivity index (χ2v) is 5.66. The Morgan fingerprint density at radius 1 is 1.50 bits per heavy atom. The highest BCUT2D eigenvalue weighted by Gasteiger charge is 2.30. The smallest absolute Gasteiger partial charge is 0.344 e. The van der Waals surface area contributed by atoms with E-state index in [1.807, 2.05) is 0 Å². The van der Waals surface area contributed by atoms with Gasteiger partial charge in [0.05, 0.1) is 5.69 Å². The van der Waals surface area contributed by atoms with Crippen molar-refractivity contribution in [1.82, 2.24) is 24.5 Å². The Kier molecular flexibility index (Phi) is 2.93. The lowest BCUT2D eigenvalue weighted by atomic mass is 10.3. The van der Waals surface area contributed by atoms with Crippen molar-refractivity contribution in [2.75, 3.05) is 0 Å². The Balaban J connectivity index is 2.04. The van der Waals surface area contributed by atoms with Crippen LogP contribution in [-0.4, -0.2) is 35.6 Å². The van der Waals surface area contributed by atoms with Crippen LogP contribution in [0.5, 0.6) is 0 Å². The monoisotopic (exact) mass is 295 g/mol. The van der Waals surface area contributed by atoms with Crippen molar-refractivity contribution in [2.45, 2.75) is 36.0 Å². The summed E-state index contributed by atoms with van der Waals surface area (Å²) in [6.07, 6.45) is 1.90. The minimum absolute atomic E-state index is 0.148. The number of rotatable bonds is 4. The van der Waals surface area contributed by atoms with Gasteiger partial charge in [-0.05, 0) is 31.5 Å². The average Bonchev–Trinajstić information content (AvgIpc) is 3.06. The minimum atomic E-state index is -1.03. The maximum atomic E-state index is 11.7. The van der Waals surface area contributed by atoms with Crippen molar-refractivity contribution in [3.63, 3.8) is 0 Å². The molecule has 2 heterocycles. The van der Waals surface area contributed by atoms with E-state index in [9.17, 15) is 14.7 Å². The molecule has 8 nitrogen and oxygen atoms in total. The molecule has 0 unspecified atom stereocenters. The number of hydrogen-bond donors (Lipinski definition) is 2. The summed E-state index contributed by atoms with van der Waals surface area (Å²) in [5.41, 5.74) is 0.333. The first kappa shape index (κ1) is 13.0. The van der Waals surface area contributed by atoms with E-state index < -0.39 is 5.97 Å². The molecule has 0 saturated heterocycles. The van der Waals surface area contributed by atoms with Crippen molar-refractivity contribution < 1.29 is 9.90 Å². The number of carbonyl (C=O) groups is 1. The van der Waals surface area contributed by atoms with E-state index in [1.54, 1.807) is 18.5 Å². The van der Waals surface area contributed by atoms with Crippen molar-refractivity contribution in [3.05, 3.63) is 21.7 Å². The van der Waals surface area contributed by atoms with Crippen LogP contribution in [0.25, 0.3) is 0 Å². The second-order valence-electron chi connectivity index (χ2n) is 4.71. The first-order valence-corrected chi connectivity index (χ1v) is 6.92. The summed E-state index contributed by atoms with van der Waals surface area (Å²) in [5.74, 6) is -1.03. The molecule has 0 radical (unpaired) electrons. The van der Waals surface area contributed by atoms with E-state index in [-0.39, 0.29) is 17.3 Å². The fraction of sp³-hybridized carbons (Fsp3) is 0.455. The van der Waals surface area contributed by atoms with Gasteiger partial charge in [0.1, 0.15) is 10.6 Å². The zero-order valence-corrected chi connectivity index (χ0v) is 11.8. The first-order valence-electron chi connectivity index (χ1n) is 6.10. The summed E-state index contributed by atoms with van der Waals surface area (Å²) in [6.45, 7) is 1.64. The third kappa shape index (κ3) is 2.03. The number of nitrogens with zero attached hydrogens (tertiary/aromatic N) is 4. The Labute approximate surface area is 117 Å². The molecule has 0 spiro atoms. The van der Waals surface area contributed by atoms with Crippen LogP contribution in [0.15, 0.2) is 15.0 Å². The Morgan fingerprint density at radius 3 is 2.80 bits per heavy atom.